The first-order valence-electron chi connectivity index (χ1n) is 9.60. The number of anilines is 2. The zero-order chi connectivity index (χ0) is 20.7. The third-order valence-corrected chi connectivity index (χ3v) is 5.60. The van der Waals surface area contributed by atoms with E-state index < -0.39 is 0 Å². The number of nitriles is 1. The fourth-order valence-corrected chi connectivity index (χ4v) is 4.23. The van der Waals surface area contributed by atoms with Crippen molar-refractivity contribution >= 4 is 33.7 Å². The quantitative estimate of drug-likeness (QED) is 0.398. The smallest absolute Gasteiger partial charge is 0.142 e. The van der Waals surface area contributed by atoms with Gasteiger partial charge in [0, 0.05) is 39.2 Å². The van der Waals surface area contributed by atoms with Crippen LogP contribution in [0, 0.1) is 22.1 Å². The minimum absolute atomic E-state index is 0.135. The van der Waals surface area contributed by atoms with Crippen molar-refractivity contribution in [1.29, 1.82) is 16.1 Å². The number of pyridine rings is 1. The van der Waals surface area contributed by atoms with E-state index in [1.54, 1.807) is 13.0 Å². The second-order valence-corrected chi connectivity index (χ2v) is 7.46. The van der Waals surface area contributed by atoms with Gasteiger partial charge >= 0.3 is 0 Å². The zero-order valence-electron chi connectivity index (χ0n) is 16.3. The van der Waals surface area contributed by atoms with Gasteiger partial charge < -0.3 is 16.9 Å². The number of nitrogens with zero attached hydrogens (tertiary/aromatic N) is 2. The summed E-state index contributed by atoms with van der Waals surface area (Å²) in [6.07, 6.45) is 3.85. The van der Waals surface area contributed by atoms with Crippen LogP contribution in [0.1, 0.15) is 42.0 Å². The summed E-state index contributed by atoms with van der Waals surface area (Å²) in [5.41, 5.74) is 19.5. The first-order chi connectivity index (χ1) is 13.9. The van der Waals surface area contributed by atoms with Crippen molar-refractivity contribution in [2.45, 2.75) is 32.6 Å². The zero-order valence-corrected chi connectivity index (χ0v) is 16.3. The van der Waals surface area contributed by atoms with E-state index in [2.05, 4.69) is 0 Å². The van der Waals surface area contributed by atoms with Crippen LogP contribution in [0.15, 0.2) is 30.3 Å². The van der Waals surface area contributed by atoms with Crippen LogP contribution in [0.2, 0.25) is 0 Å². The number of nitrogen functional groups attached to an aromatic ring is 2. The summed E-state index contributed by atoms with van der Waals surface area (Å²) in [4.78, 5) is 4.93. The number of aryl methyl sites for hydroxylation is 1. The van der Waals surface area contributed by atoms with Gasteiger partial charge in [0.15, 0.2) is 0 Å². The normalized spacial score (nSPS) is 13.0. The number of nitrogens with two attached hydrogens (primary N) is 2. The molecule has 0 fully saturated rings. The lowest BCUT2D eigenvalue weighted by atomic mass is 9.84. The van der Waals surface area contributed by atoms with Gasteiger partial charge in [-0.15, -0.1) is 0 Å². The van der Waals surface area contributed by atoms with Gasteiger partial charge in [0.1, 0.15) is 11.8 Å². The second-order valence-electron chi connectivity index (χ2n) is 7.46. The molecule has 0 amide bonds. The molecule has 1 heterocycles. The standard InChI is InChI=1S/C23H22N6/c1-12(25)16-10-13(6-7-17(16)26)23-15-5-3-2-4-14(15)21-20(29-23)9-8-18(27)22(21)19(28)11-24/h6-10,25,28H,2-5,26-27H2,1H3. The maximum absolute atomic E-state index is 9.33. The van der Waals surface area contributed by atoms with Crippen LogP contribution in [0.5, 0.6) is 0 Å². The van der Waals surface area contributed by atoms with Crippen LogP contribution >= 0.6 is 0 Å². The number of fused-ring (bicyclic) bond motifs is 3. The van der Waals surface area contributed by atoms with E-state index in [-0.39, 0.29) is 5.71 Å². The number of aromatic nitrogens is 1. The molecular formula is C23H22N6. The lowest BCUT2D eigenvalue weighted by Crippen LogP contribution is -2.12. The molecular weight excluding hydrogens is 360 g/mol. The summed E-state index contributed by atoms with van der Waals surface area (Å²) in [6.45, 7) is 1.72. The second kappa shape index (κ2) is 7.02. The number of rotatable bonds is 3. The van der Waals surface area contributed by atoms with Crippen molar-refractivity contribution in [3.05, 3.63) is 52.6 Å². The number of hydrogen-bond acceptors (Lipinski definition) is 6. The highest BCUT2D eigenvalue weighted by Gasteiger charge is 2.23. The summed E-state index contributed by atoms with van der Waals surface area (Å²) in [7, 11) is 0. The van der Waals surface area contributed by atoms with Crippen LogP contribution in [0.25, 0.3) is 22.2 Å². The van der Waals surface area contributed by atoms with Crippen molar-refractivity contribution in [3.63, 3.8) is 0 Å². The van der Waals surface area contributed by atoms with Crippen LogP contribution in [-0.4, -0.2) is 16.4 Å². The third-order valence-electron chi connectivity index (χ3n) is 5.60. The Morgan fingerprint density at radius 3 is 2.41 bits per heavy atom. The first kappa shape index (κ1) is 18.6. The Morgan fingerprint density at radius 2 is 1.72 bits per heavy atom. The Labute approximate surface area is 169 Å². The molecule has 6 heteroatoms. The summed E-state index contributed by atoms with van der Waals surface area (Å²) in [5, 5.41) is 26.3. The molecule has 1 aliphatic carbocycles. The van der Waals surface area contributed by atoms with E-state index in [1.165, 1.54) is 0 Å². The number of hydrogen-bond donors (Lipinski definition) is 4. The third kappa shape index (κ3) is 3.01. The van der Waals surface area contributed by atoms with Crippen molar-refractivity contribution in [2.24, 2.45) is 0 Å². The molecule has 6 nitrogen and oxygen atoms in total. The predicted molar refractivity (Wildman–Crippen MR) is 118 cm³/mol. The van der Waals surface area contributed by atoms with Crippen LogP contribution in [-0.2, 0) is 12.8 Å². The molecule has 0 unspecified atom stereocenters. The predicted octanol–water partition coefficient (Wildman–Crippen LogP) is 4.22. The SMILES string of the molecule is CC(=N)c1cc(-c2nc3ccc(N)c(C(=N)C#N)c3c3c2CCCC3)ccc1N. The summed E-state index contributed by atoms with van der Waals surface area (Å²) < 4.78 is 0. The van der Waals surface area contributed by atoms with E-state index in [1.807, 2.05) is 30.3 Å². The lowest BCUT2D eigenvalue weighted by molar-refractivity contribution is 0.689. The van der Waals surface area contributed by atoms with Crippen LogP contribution in [0.4, 0.5) is 11.4 Å². The average molecular weight is 382 g/mol. The van der Waals surface area contributed by atoms with Gasteiger partial charge in [0.2, 0.25) is 0 Å². The monoisotopic (exact) mass is 382 g/mol. The Kier molecular flexibility index (Phi) is 4.51. The fourth-order valence-electron chi connectivity index (χ4n) is 4.23. The molecule has 0 atom stereocenters. The fraction of sp³-hybridized carbons (Fsp3) is 0.217. The van der Waals surface area contributed by atoms with Crippen molar-refractivity contribution in [3.8, 4) is 17.3 Å². The minimum atomic E-state index is -0.135. The largest absolute Gasteiger partial charge is 0.398 e. The molecule has 1 aliphatic rings. The van der Waals surface area contributed by atoms with Crippen LogP contribution < -0.4 is 11.5 Å². The summed E-state index contributed by atoms with van der Waals surface area (Å²) >= 11 is 0. The molecule has 144 valence electrons. The topological polar surface area (TPSA) is 136 Å². The number of nitrogens with one attached hydrogen (secondary N) is 2. The molecule has 0 saturated carbocycles. The molecule has 4 rings (SSSR count). The van der Waals surface area contributed by atoms with Gasteiger partial charge in [-0.25, -0.2) is 4.98 Å². The van der Waals surface area contributed by atoms with E-state index in [0.717, 1.165) is 59.0 Å². The van der Waals surface area contributed by atoms with E-state index >= 15 is 0 Å². The highest BCUT2D eigenvalue weighted by Crippen LogP contribution is 2.38. The first-order valence-corrected chi connectivity index (χ1v) is 9.60. The number of benzene rings is 2. The Morgan fingerprint density at radius 1 is 1.03 bits per heavy atom. The Hall–Kier alpha value is -3.72. The van der Waals surface area contributed by atoms with Gasteiger partial charge in [-0.3, -0.25) is 5.41 Å². The van der Waals surface area contributed by atoms with Crippen LogP contribution in [0.3, 0.4) is 0 Å². The van der Waals surface area contributed by atoms with Gasteiger partial charge in [-0.05, 0) is 68.0 Å². The lowest BCUT2D eigenvalue weighted by Gasteiger charge is -2.23. The molecule has 3 aromatic rings. The van der Waals surface area contributed by atoms with E-state index in [9.17, 15) is 5.26 Å². The van der Waals surface area contributed by atoms with E-state index in [4.69, 9.17) is 27.3 Å². The van der Waals surface area contributed by atoms with Gasteiger partial charge in [-0.1, -0.05) is 6.07 Å². The van der Waals surface area contributed by atoms with Crippen molar-refractivity contribution in [1.82, 2.24) is 4.98 Å². The van der Waals surface area contributed by atoms with Gasteiger partial charge in [-0.2, -0.15) is 5.26 Å². The molecule has 1 aromatic heterocycles. The molecule has 0 aliphatic heterocycles. The van der Waals surface area contributed by atoms with E-state index in [0.29, 0.717) is 28.2 Å². The van der Waals surface area contributed by atoms with Gasteiger partial charge in [0.25, 0.3) is 0 Å². The highest BCUT2D eigenvalue weighted by atomic mass is 14.7. The molecule has 0 saturated heterocycles. The molecule has 0 bridgehead atoms. The minimum Gasteiger partial charge on any atom is -0.398 e. The highest BCUT2D eigenvalue weighted by molar-refractivity contribution is 6.20. The Bertz CT molecular complexity index is 1230. The van der Waals surface area contributed by atoms with Crippen molar-refractivity contribution < 1.29 is 0 Å². The summed E-state index contributed by atoms with van der Waals surface area (Å²) in [5.74, 6) is 0. The maximum Gasteiger partial charge on any atom is 0.142 e. The molecule has 29 heavy (non-hydrogen) atoms. The average Bonchev–Trinajstić information content (AvgIpc) is 2.73. The molecule has 0 radical (unpaired) electrons. The molecule has 0 spiro atoms. The molecule has 6 N–H and O–H groups in total. The maximum atomic E-state index is 9.33. The van der Waals surface area contributed by atoms with Crippen molar-refractivity contribution in [2.75, 3.05) is 11.5 Å². The summed E-state index contributed by atoms with van der Waals surface area (Å²) in [6, 6.07) is 11.2. The molecule has 2 aromatic carbocycles. The Balaban J connectivity index is 2.07. The van der Waals surface area contributed by atoms with Gasteiger partial charge in [0.05, 0.1) is 11.2 Å².